The zero-order chi connectivity index (χ0) is 81.4. The van der Waals surface area contributed by atoms with E-state index in [1.165, 1.54) is 64.0 Å². The van der Waals surface area contributed by atoms with Crippen molar-refractivity contribution in [2.45, 2.75) is 166 Å². The second kappa shape index (κ2) is 28.6. The van der Waals surface area contributed by atoms with Gasteiger partial charge in [-0.3, -0.25) is 8.42 Å². The van der Waals surface area contributed by atoms with E-state index in [-0.39, 0.29) is 79.6 Å². The lowest BCUT2D eigenvalue weighted by atomic mass is 9.66. The summed E-state index contributed by atoms with van der Waals surface area (Å²) in [5, 5.41) is 50.3. The summed E-state index contributed by atoms with van der Waals surface area (Å²) < 4.78 is 116. The molecule has 9 heterocycles. The van der Waals surface area contributed by atoms with Gasteiger partial charge in [-0.25, -0.2) is 70.9 Å². The maximum atomic E-state index is 14.6. The monoisotopic (exact) mass is 1600 g/mol. The first-order valence-corrected chi connectivity index (χ1v) is 42.8. The minimum absolute atomic E-state index is 0.125. The first kappa shape index (κ1) is 78.1. The number of aliphatic hydroxyl groups is 1. The molecule has 9 aromatic heterocycles. The lowest BCUT2D eigenvalue weighted by Crippen LogP contribution is -2.38. The van der Waals surface area contributed by atoms with E-state index < -0.39 is 76.3 Å². The highest BCUT2D eigenvalue weighted by atomic mass is 32.2. The molecular formula is C84H86F6N20O3S2. The number of aliphatic hydroxyl groups excluding tert-OH is 1. The molecule has 12 aromatic rings. The highest BCUT2D eigenvalue weighted by molar-refractivity contribution is 7.99. The summed E-state index contributed by atoms with van der Waals surface area (Å²) in [6.07, 6.45) is 16.7. The maximum Gasteiger partial charge on any atom is 0.252 e. The third-order valence-corrected chi connectivity index (χ3v) is 27.7. The van der Waals surface area contributed by atoms with Gasteiger partial charge in [-0.1, -0.05) is 86.6 Å². The van der Waals surface area contributed by atoms with Gasteiger partial charge >= 0.3 is 0 Å². The normalized spacial score (nSPS) is 23.0. The molecule has 11 atom stereocenters. The van der Waals surface area contributed by atoms with Gasteiger partial charge in [0, 0.05) is 48.2 Å². The topological polar surface area (TPSA) is 288 Å². The zero-order valence-corrected chi connectivity index (χ0v) is 67.1. The van der Waals surface area contributed by atoms with Crippen LogP contribution in [0, 0.1) is 51.1 Å². The van der Waals surface area contributed by atoms with Crippen molar-refractivity contribution < 1.29 is 39.9 Å². The molecule has 31 heteroatoms. The summed E-state index contributed by atoms with van der Waals surface area (Å²) in [5.41, 5.74) is 6.06. The minimum atomic E-state index is -2.19. The van der Waals surface area contributed by atoms with E-state index in [1.54, 1.807) is 60.7 Å². The van der Waals surface area contributed by atoms with E-state index in [0.717, 1.165) is 89.4 Å². The first-order chi connectivity index (χ1) is 54.6. The molecule has 0 aliphatic heterocycles. The van der Waals surface area contributed by atoms with Crippen molar-refractivity contribution in [2.75, 3.05) is 24.0 Å². The molecule has 115 heavy (non-hydrogen) atoms. The molecule has 6 aliphatic carbocycles. The van der Waals surface area contributed by atoms with E-state index in [2.05, 4.69) is 124 Å². The van der Waals surface area contributed by atoms with Gasteiger partial charge < -0.3 is 5.11 Å². The van der Waals surface area contributed by atoms with Gasteiger partial charge in [-0.15, -0.1) is 30.6 Å². The number of pyridine rings is 1. The van der Waals surface area contributed by atoms with Crippen molar-refractivity contribution >= 4 is 30.8 Å². The maximum absolute atomic E-state index is 14.6. The molecule has 0 amide bonds. The summed E-state index contributed by atoms with van der Waals surface area (Å²) in [6.45, 7) is 19.3. The SMILES string of the molecule is C=S(C)(=O)C[C@@H](C)c1ncn(-c2nccc([C@@]34CC[C@@H](c5cc(-c6c(F)cccc6F)nnc53)C4(C)C)n2)n1.C=S(C)(=O)C[C@H](C)c1ncn(-c2nccc([C@@]34CC[C@@H](c5cc(-c6c(F)cccc6F)nnc53)C4(C)C)n2)n1.CC[C@@H](O)Cn1cnc(-c2cccc([C@@]34CC[C@@H](c5cc(-c6c(F)cccc6F)nnc53)C4(C)C)n2)n1. The fraction of sp³-hybridized carbons (Fsp3) is 0.393. The molecule has 23 nitrogen and oxygen atoms in total. The van der Waals surface area contributed by atoms with E-state index in [4.69, 9.17) is 15.0 Å². The molecule has 3 fully saturated rings. The molecule has 3 saturated carbocycles. The quantitative estimate of drug-likeness (QED) is 0.0617. The van der Waals surface area contributed by atoms with Crippen molar-refractivity contribution in [3.05, 3.63) is 232 Å². The van der Waals surface area contributed by atoms with Crippen LogP contribution in [0.5, 0.6) is 0 Å². The van der Waals surface area contributed by atoms with E-state index in [1.807, 2.05) is 57.2 Å². The molecule has 0 radical (unpaired) electrons. The first-order valence-electron chi connectivity index (χ1n) is 38.2. The number of rotatable bonds is 18. The van der Waals surface area contributed by atoms with Gasteiger partial charge in [-0.2, -0.15) is 24.7 Å². The largest absolute Gasteiger partial charge is 0.391 e. The molecule has 1 N–H and O–H groups in total. The van der Waals surface area contributed by atoms with Crippen LogP contribution in [0.25, 0.3) is 57.2 Å². The summed E-state index contributed by atoms with van der Waals surface area (Å²) in [7, 11) is -4.39. The summed E-state index contributed by atoms with van der Waals surface area (Å²) >= 11 is 0. The Morgan fingerprint density at radius 2 is 0.826 bits per heavy atom. The van der Waals surface area contributed by atoms with Gasteiger partial charge in [-0.05, 0) is 205 Å². The highest BCUT2D eigenvalue weighted by Gasteiger charge is 2.68. The molecule has 6 aliphatic rings. The third kappa shape index (κ3) is 12.9. The molecule has 2 unspecified atom stereocenters. The van der Waals surface area contributed by atoms with Crippen LogP contribution >= 0.6 is 0 Å². The van der Waals surface area contributed by atoms with Crippen LogP contribution in [0.1, 0.15) is 199 Å². The Morgan fingerprint density at radius 3 is 1.18 bits per heavy atom. The van der Waals surface area contributed by atoms with Crippen LogP contribution < -0.4 is 0 Å². The standard InChI is InChI=1S/2C28H29F2N7OS.C28H28F2N6O/c2*1-16(14-39(4,5)38)25-32-15-37(36-25)26-31-12-10-22(33-26)28-11-9-18(27(28,2)3)17-13-21(34-35-24(17)28)23-19(29)7-6-8-20(23)30;1-4-16(37)14-36-15-31-26(35-36)21-9-6-10-23(32-21)28-12-11-18(27(28,2)3)17-13-22(33-34-25(17)28)24-19(29)7-5-8-20(24)30/h2*6-8,10,12-13,15-16,18H,4,9,11,14H2,1-3,5H3;5-10,13,15-16,18,37H,4,11-12,14H2,1-3H3/t16-,18+,28+,39?;16-,18-,28-,39?;16-,18+,28+/m101/s1. The van der Waals surface area contributed by atoms with E-state index in [0.29, 0.717) is 59.5 Å². The van der Waals surface area contributed by atoms with Crippen molar-refractivity contribution in [3.63, 3.8) is 0 Å². The molecule has 0 saturated heterocycles. The predicted octanol–water partition coefficient (Wildman–Crippen LogP) is 13.9. The minimum Gasteiger partial charge on any atom is -0.391 e. The van der Waals surface area contributed by atoms with Crippen molar-refractivity contribution in [1.82, 2.24) is 99.8 Å². The number of benzene rings is 3. The van der Waals surface area contributed by atoms with Crippen LogP contribution in [0.2, 0.25) is 0 Å². The summed E-state index contributed by atoms with van der Waals surface area (Å²) in [4.78, 5) is 37.0. The average Bonchev–Trinajstić information content (AvgIpc) is 1.53. The van der Waals surface area contributed by atoms with Gasteiger partial charge in [0.1, 0.15) is 59.6 Å². The Labute approximate surface area is 661 Å². The average molecular weight is 1600 g/mol. The Bertz CT molecular complexity index is 5780. The number of aromatic nitrogens is 20. The van der Waals surface area contributed by atoms with Gasteiger partial charge in [0.25, 0.3) is 11.9 Å². The number of halogens is 6. The fourth-order valence-corrected chi connectivity index (χ4v) is 22.1. The zero-order valence-electron chi connectivity index (χ0n) is 65.4. The number of hydrogen-bond donors (Lipinski definition) is 1. The smallest absolute Gasteiger partial charge is 0.252 e. The molecule has 3 aromatic carbocycles. The lowest BCUT2D eigenvalue weighted by Gasteiger charge is -2.37. The Balaban J connectivity index is 0.000000130. The van der Waals surface area contributed by atoms with Crippen LogP contribution in [0.4, 0.5) is 26.3 Å². The van der Waals surface area contributed by atoms with Crippen LogP contribution in [-0.4, -0.2) is 155 Å². The molecule has 594 valence electrons. The molecule has 18 rings (SSSR count). The van der Waals surface area contributed by atoms with Gasteiger partial charge in [0.05, 0.1) is 96.8 Å². The van der Waals surface area contributed by atoms with Gasteiger partial charge in [0.2, 0.25) is 0 Å². The number of nitrogens with zero attached hydrogens (tertiary/aromatic N) is 20. The second-order valence-electron chi connectivity index (χ2n) is 33.4. The Hall–Kier alpha value is -10.8. The molecule has 0 spiro atoms. The van der Waals surface area contributed by atoms with Crippen LogP contribution in [-0.2, 0) is 41.8 Å². The summed E-state index contributed by atoms with van der Waals surface area (Å²) in [6, 6.07) is 26.4. The van der Waals surface area contributed by atoms with Crippen molar-refractivity contribution in [2.24, 2.45) is 16.2 Å². The van der Waals surface area contributed by atoms with Crippen molar-refractivity contribution in [1.29, 1.82) is 0 Å². The number of fused-ring (bicyclic) bond motifs is 15. The second-order valence-corrected chi connectivity index (χ2v) is 38.8. The third-order valence-electron chi connectivity index (χ3n) is 25.3. The van der Waals surface area contributed by atoms with E-state index in [9.17, 15) is 39.9 Å². The molecule has 6 bridgehead atoms. The number of hydrogen-bond acceptors (Lipinski definition) is 20. The van der Waals surface area contributed by atoms with E-state index >= 15 is 0 Å². The Morgan fingerprint density at radius 1 is 0.470 bits per heavy atom. The lowest BCUT2D eigenvalue weighted by molar-refractivity contribution is 0.145. The van der Waals surface area contributed by atoms with Gasteiger partial charge in [0.15, 0.2) is 17.5 Å². The van der Waals surface area contributed by atoms with Crippen molar-refractivity contribution in [3.8, 4) is 57.2 Å². The highest BCUT2D eigenvalue weighted by Crippen LogP contribution is 2.72. The van der Waals surface area contributed by atoms with Crippen LogP contribution in [0.15, 0.2) is 135 Å². The summed E-state index contributed by atoms with van der Waals surface area (Å²) in [5.74, 6) is 6.70. The molecular weight excluding hydrogens is 1520 g/mol. The Kier molecular flexibility index (Phi) is 19.4. The predicted molar refractivity (Wildman–Crippen MR) is 424 cm³/mol. The van der Waals surface area contributed by atoms with Crippen LogP contribution in [0.3, 0.4) is 0 Å². The fourth-order valence-electron chi connectivity index (χ4n) is 19.7.